The van der Waals surface area contributed by atoms with E-state index >= 15 is 0 Å². The van der Waals surface area contributed by atoms with Gasteiger partial charge >= 0.3 is 24.6 Å². The van der Waals surface area contributed by atoms with Crippen molar-refractivity contribution in [3.8, 4) is 0 Å². The van der Waals surface area contributed by atoms with Crippen LogP contribution in [0.1, 0.15) is 47.0 Å². The molecule has 0 unspecified atom stereocenters. The Balaban J connectivity index is -0.0000000965. The van der Waals surface area contributed by atoms with Gasteiger partial charge in [-0.05, 0) is 0 Å². The zero-order chi connectivity index (χ0) is 9.70. The average Bonchev–Trinajstić information content (AvgIpc) is 1.93. The molecule has 0 rings (SSSR count). The number of unbranched alkanes of at least 4 members (excludes halogenated alkanes) is 2. The fourth-order valence-corrected chi connectivity index (χ4v) is 0.250. The van der Waals surface area contributed by atoms with E-state index in [1.54, 1.807) is 0 Å². The molecule has 11 heavy (non-hydrogen) atoms. The number of hydrogen-bond acceptors (Lipinski definition) is 1. The molecule has 0 aliphatic rings. The van der Waals surface area contributed by atoms with Crippen LogP contribution in [0.25, 0.3) is 0 Å². The third kappa shape index (κ3) is 119. The third-order valence-electron chi connectivity index (χ3n) is 0.604. The van der Waals surface area contributed by atoms with Crippen LogP contribution in [0.3, 0.4) is 0 Å². The van der Waals surface area contributed by atoms with Crippen molar-refractivity contribution in [2.24, 2.45) is 0 Å². The maximum atomic E-state index is 5.86. The summed E-state index contributed by atoms with van der Waals surface area (Å²) < 4.78 is 5.86. The molecule has 0 aromatic carbocycles. The van der Waals surface area contributed by atoms with E-state index in [0.29, 0.717) is 20.9 Å². The molecule has 69 valence electrons. The van der Waals surface area contributed by atoms with Crippen LogP contribution in [0.5, 0.6) is 0 Å². The molecule has 0 saturated heterocycles. The van der Waals surface area contributed by atoms with E-state index in [1.165, 1.54) is 18.8 Å². The molecule has 0 saturated carbocycles. The Hall–Kier alpha value is 0.540. The second kappa shape index (κ2) is 22.4. The molecule has 0 bridgehead atoms. The van der Waals surface area contributed by atoms with E-state index < -0.39 is 0 Å². The van der Waals surface area contributed by atoms with Gasteiger partial charge in [0, 0.05) is 0 Å². The zero-order valence-electron chi connectivity index (χ0n) is 8.28. The van der Waals surface area contributed by atoms with E-state index in [2.05, 4.69) is 34.6 Å². The molecule has 1 nitrogen and oxygen atoms in total. The molecule has 0 radical (unpaired) electrons. The summed E-state index contributed by atoms with van der Waals surface area (Å²) in [5.41, 5.74) is 0. The second-order valence-corrected chi connectivity index (χ2v) is 2.71. The van der Waals surface area contributed by atoms with Gasteiger partial charge in [0.05, 0.1) is 0 Å². The number of hydrogen-bond donors (Lipinski definition) is 1. The van der Waals surface area contributed by atoms with Gasteiger partial charge in [0.25, 0.3) is 0 Å². The van der Waals surface area contributed by atoms with Gasteiger partial charge in [-0.15, -0.1) is 0 Å². The molecule has 0 heterocycles. The Morgan fingerprint density at radius 3 is 1.55 bits per heavy atom. The molecule has 0 aromatic rings. The molecule has 0 aliphatic heterocycles. The van der Waals surface area contributed by atoms with E-state index in [-0.39, 0.29) is 0 Å². The quantitative estimate of drug-likeness (QED) is 0.745. The summed E-state index contributed by atoms with van der Waals surface area (Å²) in [6.45, 7) is 12.1. The molecule has 0 aliphatic carbocycles. The van der Waals surface area contributed by atoms with Gasteiger partial charge < -0.3 is 12.8 Å². The predicted molar refractivity (Wildman–Crippen MR) is 47.9 cm³/mol. The van der Waals surface area contributed by atoms with E-state index in [9.17, 15) is 0 Å². The second-order valence-electron chi connectivity index (χ2n) is 2.71. The summed E-state index contributed by atoms with van der Waals surface area (Å²) in [7, 11) is 0. The van der Waals surface area contributed by atoms with Crippen molar-refractivity contribution >= 4 is 0 Å². The first-order valence-electron chi connectivity index (χ1n) is 3.93. The minimum absolute atomic E-state index is 0.694. The topological polar surface area (TPSA) is 23.9 Å². The van der Waals surface area contributed by atoms with Crippen LogP contribution in [0.2, 0.25) is 0 Å². The summed E-state index contributed by atoms with van der Waals surface area (Å²) in [5.74, 6) is 1.42. The standard InChI is InChI=1S/C5H11.C4H9.HN.Ta/c1-3-5-4-2;1-4(2)3;;/h1,3-5H2,2H3;1-3H3;1H;/q2*-1;;. The summed E-state index contributed by atoms with van der Waals surface area (Å²) >= 11 is 0.694. The van der Waals surface area contributed by atoms with Crippen molar-refractivity contribution in [3.63, 3.8) is 0 Å². The van der Waals surface area contributed by atoms with Crippen LogP contribution in [-0.4, -0.2) is 0 Å². The Kier molecular flexibility index (Phi) is 35.8. The fourth-order valence-electron chi connectivity index (χ4n) is 0.250. The van der Waals surface area contributed by atoms with Crippen LogP contribution in [0.4, 0.5) is 0 Å². The molecule has 0 fully saturated rings. The van der Waals surface area contributed by atoms with Crippen molar-refractivity contribution < 1.29 is 20.9 Å². The molecular weight excluding hydrogens is 303 g/mol. The van der Waals surface area contributed by atoms with E-state index in [0.717, 1.165) is 6.42 Å². The summed E-state index contributed by atoms with van der Waals surface area (Å²) in [4.78, 5) is 0. The van der Waals surface area contributed by atoms with E-state index in [4.69, 9.17) is 3.76 Å². The average molecular weight is 324 g/mol. The number of rotatable bonds is 2. The predicted octanol–water partition coefficient (Wildman–Crippen LogP) is 3.93. The Labute approximate surface area is 84.5 Å². The van der Waals surface area contributed by atoms with Crippen LogP contribution >= 0.6 is 0 Å². The molecule has 0 amide bonds. The molecule has 0 spiro atoms. The Morgan fingerprint density at radius 1 is 1.27 bits per heavy atom. The monoisotopic (exact) mass is 324 g/mol. The first-order chi connectivity index (χ1) is 5.15. The van der Waals surface area contributed by atoms with Crippen molar-refractivity contribution in [3.05, 3.63) is 12.8 Å². The van der Waals surface area contributed by atoms with Crippen LogP contribution in [0.15, 0.2) is 0 Å². The summed E-state index contributed by atoms with van der Waals surface area (Å²) in [5, 5.41) is 0. The molecule has 1 N–H and O–H groups in total. The zero-order valence-corrected chi connectivity index (χ0v) is 11.5. The molecule has 2 heteroatoms. The third-order valence-corrected chi connectivity index (χ3v) is 0.604. The first-order valence-corrected chi connectivity index (χ1v) is 5.54. The van der Waals surface area contributed by atoms with E-state index in [1.807, 2.05) is 0 Å². The van der Waals surface area contributed by atoms with Gasteiger partial charge in [-0.2, -0.15) is 27.2 Å². The van der Waals surface area contributed by atoms with Crippen molar-refractivity contribution in [2.75, 3.05) is 0 Å². The van der Waals surface area contributed by atoms with Crippen LogP contribution < -0.4 is 0 Å². The fraction of sp³-hybridized carbons (Fsp3) is 0.778. The van der Waals surface area contributed by atoms with Gasteiger partial charge in [-0.3, -0.25) is 0 Å². The van der Waals surface area contributed by atoms with Crippen molar-refractivity contribution in [2.45, 2.75) is 47.0 Å². The van der Waals surface area contributed by atoms with Gasteiger partial charge in [-0.1, -0.05) is 19.8 Å². The first kappa shape index (κ1) is 17.6. The SMILES string of the molecule is C[C-](C)C.[CH2-]CCCC.[NH]=[Ta]. The Morgan fingerprint density at radius 2 is 1.55 bits per heavy atom. The molecular formula is C9H21NTa-2. The maximum absolute atomic E-state index is 5.86. The van der Waals surface area contributed by atoms with Crippen LogP contribution in [-0.2, 0) is 20.9 Å². The van der Waals surface area contributed by atoms with Crippen molar-refractivity contribution in [1.29, 1.82) is 3.76 Å². The normalized spacial score (nSPS) is 7.36. The summed E-state index contributed by atoms with van der Waals surface area (Å²) in [6, 6.07) is 0. The van der Waals surface area contributed by atoms with Gasteiger partial charge in [-0.25, -0.2) is 0 Å². The molecule has 0 atom stereocenters. The summed E-state index contributed by atoms with van der Waals surface area (Å²) in [6.07, 6.45) is 3.65. The number of nitrogens with one attached hydrogen (secondary N) is 1. The van der Waals surface area contributed by atoms with Crippen molar-refractivity contribution in [1.82, 2.24) is 0 Å². The van der Waals surface area contributed by atoms with Gasteiger partial charge in [0.2, 0.25) is 0 Å². The minimum atomic E-state index is 0.694. The van der Waals surface area contributed by atoms with Gasteiger partial charge in [0.15, 0.2) is 0 Å². The molecule has 0 aromatic heterocycles. The van der Waals surface area contributed by atoms with Gasteiger partial charge in [0.1, 0.15) is 0 Å². The van der Waals surface area contributed by atoms with Crippen LogP contribution in [0, 0.1) is 16.6 Å². The Bertz CT molecular complexity index is 42.1.